The Kier molecular flexibility index (Phi) is 5.26. The van der Waals surface area contributed by atoms with Gasteiger partial charge in [0, 0.05) is 32.1 Å². The Morgan fingerprint density at radius 3 is 2.67 bits per heavy atom. The molecule has 10 heteroatoms. The molecule has 1 aliphatic rings. The van der Waals surface area contributed by atoms with E-state index in [2.05, 4.69) is 15.6 Å². The maximum absolute atomic E-state index is 13.2. The predicted octanol–water partition coefficient (Wildman–Crippen LogP) is 0.188. The number of sulfone groups is 1. The lowest BCUT2D eigenvalue weighted by molar-refractivity contribution is -0.138. The first-order valence-corrected chi connectivity index (χ1v) is 9.51. The van der Waals surface area contributed by atoms with Crippen LogP contribution in [-0.4, -0.2) is 45.6 Å². The lowest BCUT2D eigenvalue weighted by Gasteiger charge is -2.18. The van der Waals surface area contributed by atoms with Gasteiger partial charge in [-0.2, -0.15) is 0 Å². The van der Waals surface area contributed by atoms with Crippen LogP contribution in [0.4, 0.5) is 0 Å². The first kappa shape index (κ1) is 18.6. The molecule has 2 aromatic rings. The number of amides is 2. The second kappa shape index (κ2) is 7.62. The number of fused-ring (bicyclic) bond motifs is 1. The number of pyridine rings is 1. The van der Waals surface area contributed by atoms with Gasteiger partial charge in [-0.1, -0.05) is 6.07 Å². The molecule has 2 heterocycles. The molecule has 0 spiro atoms. The van der Waals surface area contributed by atoms with Gasteiger partial charge in [0.25, 0.3) is 0 Å². The van der Waals surface area contributed by atoms with Crippen molar-refractivity contribution in [3.05, 3.63) is 48.3 Å². The average molecular weight is 391 g/mol. The molecule has 0 unspecified atom stereocenters. The van der Waals surface area contributed by atoms with Gasteiger partial charge in [-0.3, -0.25) is 14.6 Å². The number of hydrogen-bond acceptors (Lipinski definition) is 7. The zero-order valence-electron chi connectivity index (χ0n) is 14.3. The number of carbonyl (C=O) groups is 2. The van der Waals surface area contributed by atoms with Crippen molar-refractivity contribution in [2.24, 2.45) is 0 Å². The molecule has 27 heavy (non-hydrogen) atoms. The van der Waals surface area contributed by atoms with Crippen molar-refractivity contribution in [1.82, 2.24) is 15.6 Å². The zero-order chi connectivity index (χ0) is 19.4. The van der Waals surface area contributed by atoms with Gasteiger partial charge in [-0.15, -0.1) is 0 Å². The van der Waals surface area contributed by atoms with E-state index in [-0.39, 0.29) is 18.2 Å². The predicted molar refractivity (Wildman–Crippen MR) is 93.8 cm³/mol. The molecule has 1 aromatic carbocycles. The fraction of sp³-hybridized carbons (Fsp3) is 0.235. The minimum absolute atomic E-state index is 0.00907. The molecule has 0 aliphatic carbocycles. The topological polar surface area (TPSA) is 124 Å². The van der Waals surface area contributed by atoms with E-state index >= 15 is 0 Å². The van der Waals surface area contributed by atoms with Crippen LogP contribution in [-0.2, 0) is 19.4 Å². The van der Waals surface area contributed by atoms with E-state index in [1.165, 1.54) is 37.6 Å². The van der Waals surface area contributed by atoms with Crippen LogP contribution in [0.5, 0.6) is 11.5 Å². The van der Waals surface area contributed by atoms with E-state index in [1.54, 1.807) is 12.1 Å². The SMILES string of the molecule is CNC(=O)C(=O)NC[C@@H](c1cccnc1)S(=O)(=O)c1ccc2c(c1)OCO2. The molecule has 1 aromatic heterocycles. The Balaban J connectivity index is 1.94. The fourth-order valence-electron chi connectivity index (χ4n) is 2.57. The van der Waals surface area contributed by atoms with Gasteiger partial charge >= 0.3 is 11.8 Å². The number of rotatable bonds is 5. The van der Waals surface area contributed by atoms with Gasteiger partial charge in [0.1, 0.15) is 5.25 Å². The van der Waals surface area contributed by atoms with E-state index in [9.17, 15) is 18.0 Å². The zero-order valence-corrected chi connectivity index (χ0v) is 15.2. The molecule has 1 atom stereocenters. The van der Waals surface area contributed by atoms with Crippen LogP contribution in [0.25, 0.3) is 0 Å². The van der Waals surface area contributed by atoms with E-state index in [0.717, 1.165) is 0 Å². The molecule has 2 N–H and O–H groups in total. The Hall–Kier alpha value is -3.14. The summed E-state index contributed by atoms with van der Waals surface area (Å²) in [6.45, 7) is -0.276. The Morgan fingerprint density at radius 1 is 1.19 bits per heavy atom. The summed E-state index contributed by atoms with van der Waals surface area (Å²) in [5.74, 6) is -0.997. The number of carbonyl (C=O) groups excluding carboxylic acids is 2. The molecule has 0 radical (unpaired) electrons. The first-order chi connectivity index (χ1) is 12.9. The average Bonchev–Trinajstić information content (AvgIpc) is 3.15. The maximum atomic E-state index is 13.2. The number of likely N-dealkylation sites (N-methyl/N-ethyl adjacent to an activating group) is 1. The smallest absolute Gasteiger partial charge is 0.309 e. The molecule has 3 rings (SSSR count). The van der Waals surface area contributed by atoms with Crippen molar-refractivity contribution in [3.8, 4) is 11.5 Å². The van der Waals surface area contributed by atoms with Crippen LogP contribution in [0, 0.1) is 0 Å². The molecule has 0 saturated heterocycles. The van der Waals surface area contributed by atoms with Crippen LogP contribution >= 0.6 is 0 Å². The fourth-order valence-corrected chi connectivity index (χ4v) is 4.23. The molecule has 9 nitrogen and oxygen atoms in total. The second-order valence-electron chi connectivity index (χ2n) is 5.62. The second-order valence-corrected chi connectivity index (χ2v) is 7.75. The minimum atomic E-state index is -3.93. The minimum Gasteiger partial charge on any atom is -0.454 e. The normalized spacial score (nSPS) is 13.7. The standard InChI is InChI=1S/C17H17N3O6S/c1-18-16(21)17(22)20-9-15(11-3-2-6-19-8-11)27(23,24)12-4-5-13-14(7-12)26-10-25-13/h2-8,15H,9-10H2,1H3,(H,18,21)(H,20,22)/t15-/m0/s1. The summed E-state index contributed by atoms with van der Waals surface area (Å²) < 4.78 is 36.9. The number of nitrogens with one attached hydrogen (secondary N) is 2. The first-order valence-electron chi connectivity index (χ1n) is 7.97. The lowest BCUT2D eigenvalue weighted by Crippen LogP contribution is -2.41. The summed E-state index contributed by atoms with van der Waals surface area (Å²) >= 11 is 0. The summed E-state index contributed by atoms with van der Waals surface area (Å²) in [4.78, 5) is 27.1. The Labute approximate surface area is 155 Å². The monoisotopic (exact) mass is 391 g/mol. The Morgan fingerprint density at radius 2 is 1.96 bits per heavy atom. The van der Waals surface area contributed by atoms with E-state index in [0.29, 0.717) is 17.1 Å². The summed E-state index contributed by atoms with van der Waals surface area (Å²) in [7, 11) is -2.62. The maximum Gasteiger partial charge on any atom is 0.309 e. The number of ether oxygens (including phenoxy) is 2. The molecular weight excluding hydrogens is 374 g/mol. The van der Waals surface area contributed by atoms with Gasteiger partial charge in [0.15, 0.2) is 21.3 Å². The van der Waals surface area contributed by atoms with Crippen molar-refractivity contribution < 1.29 is 27.5 Å². The summed E-state index contributed by atoms with van der Waals surface area (Å²) in [5, 5.41) is 3.39. The highest BCUT2D eigenvalue weighted by Crippen LogP contribution is 2.37. The summed E-state index contributed by atoms with van der Waals surface area (Å²) in [5.41, 5.74) is 0.382. The van der Waals surface area contributed by atoms with Gasteiger partial charge in [-0.25, -0.2) is 8.42 Å². The molecule has 0 fully saturated rings. The molecular formula is C17H17N3O6S. The summed E-state index contributed by atoms with van der Waals surface area (Å²) in [6.07, 6.45) is 2.91. The van der Waals surface area contributed by atoms with Crippen LogP contribution in [0.15, 0.2) is 47.6 Å². The van der Waals surface area contributed by atoms with Gasteiger partial charge < -0.3 is 20.1 Å². The van der Waals surface area contributed by atoms with Crippen molar-refractivity contribution in [2.75, 3.05) is 20.4 Å². The number of nitrogens with zero attached hydrogens (tertiary/aromatic N) is 1. The van der Waals surface area contributed by atoms with Crippen molar-refractivity contribution in [3.63, 3.8) is 0 Å². The third-order valence-electron chi connectivity index (χ3n) is 3.98. The number of hydrogen-bond donors (Lipinski definition) is 2. The molecule has 0 bridgehead atoms. The van der Waals surface area contributed by atoms with Crippen molar-refractivity contribution >= 4 is 21.7 Å². The molecule has 0 saturated carbocycles. The highest BCUT2D eigenvalue weighted by atomic mass is 32.2. The molecule has 142 valence electrons. The van der Waals surface area contributed by atoms with Crippen LogP contribution in [0.2, 0.25) is 0 Å². The summed E-state index contributed by atoms with van der Waals surface area (Å²) in [6, 6.07) is 7.49. The number of aromatic nitrogens is 1. The Bertz CT molecular complexity index is 962. The van der Waals surface area contributed by atoms with Gasteiger partial charge in [0.2, 0.25) is 6.79 Å². The molecule has 2 amide bonds. The highest BCUT2D eigenvalue weighted by molar-refractivity contribution is 7.91. The van der Waals surface area contributed by atoms with Crippen molar-refractivity contribution in [2.45, 2.75) is 10.1 Å². The lowest BCUT2D eigenvalue weighted by atomic mass is 10.2. The van der Waals surface area contributed by atoms with E-state index < -0.39 is 26.9 Å². The third-order valence-corrected chi connectivity index (χ3v) is 6.08. The van der Waals surface area contributed by atoms with E-state index in [4.69, 9.17) is 9.47 Å². The molecule has 1 aliphatic heterocycles. The van der Waals surface area contributed by atoms with Gasteiger partial charge in [-0.05, 0) is 23.8 Å². The quantitative estimate of drug-likeness (QED) is 0.697. The van der Waals surface area contributed by atoms with E-state index in [1.807, 2.05) is 0 Å². The number of benzene rings is 1. The van der Waals surface area contributed by atoms with Crippen molar-refractivity contribution in [1.29, 1.82) is 0 Å². The highest BCUT2D eigenvalue weighted by Gasteiger charge is 2.32. The van der Waals surface area contributed by atoms with Crippen LogP contribution < -0.4 is 20.1 Å². The third kappa shape index (κ3) is 3.85. The van der Waals surface area contributed by atoms with Crippen LogP contribution in [0.3, 0.4) is 0 Å². The van der Waals surface area contributed by atoms with Crippen LogP contribution in [0.1, 0.15) is 10.8 Å². The van der Waals surface area contributed by atoms with Gasteiger partial charge in [0.05, 0.1) is 4.90 Å². The largest absolute Gasteiger partial charge is 0.454 e.